The zero-order valence-electron chi connectivity index (χ0n) is 11.8. The lowest BCUT2D eigenvalue weighted by atomic mass is 10.1. The summed E-state index contributed by atoms with van der Waals surface area (Å²) in [6.45, 7) is 6.99. The molecule has 0 aliphatic heterocycles. The first kappa shape index (κ1) is 16.2. The van der Waals surface area contributed by atoms with Crippen molar-refractivity contribution < 1.29 is 4.79 Å². The summed E-state index contributed by atoms with van der Waals surface area (Å²) in [5.74, 6) is 0.0952. The largest absolute Gasteiger partial charge is 0.352 e. The summed E-state index contributed by atoms with van der Waals surface area (Å²) in [6, 6.07) is 0. The van der Waals surface area contributed by atoms with Crippen LogP contribution in [0.1, 0.15) is 72.1 Å². The number of hydrogen-bond acceptors (Lipinski definition) is 1. The predicted octanol–water partition coefficient (Wildman–Crippen LogP) is 4.21. The van der Waals surface area contributed by atoms with Gasteiger partial charge < -0.3 is 5.32 Å². The maximum atomic E-state index is 11.5. The standard InChI is InChI=1S/C15H29NO/c1-4-6-7-8-9-10-11-12-14(3)15(17)16-13-5-2/h12H,4-11,13H2,1-3H3,(H,16,17)/b14-12+. The molecule has 0 aromatic carbocycles. The minimum Gasteiger partial charge on any atom is -0.352 e. The molecule has 0 aliphatic rings. The van der Waals surface area contributed by atoms with Crippen molar-refractivity contribution in [1.82, 2.24) is 5.32 Å². The Morgan fingerprint density at radius 2 is 1.65 bits per heavy atom. The molecule has 0 bridgehead atoms. The van der Waals surface area contributed by atoms with Crippen molar-refractivity contribution >= 4 is 5.91 Å². The van der Waals surface area contributed by atoms with Gasteiger partial charge in [-0.15, -0.1) is 0 Å². The van der Waals surface area contributed by atoms with Crippen LogP contribution in [0.2, 0.25) is 0 Å². The molecular formula is C15H29NO. The zero-order chi connectivity index (χ0) is 12.9. The van der Waals surface area contributed by atoms with E-state index in [4.69, 9.17) is 0 Å². The summed E-state index contributed by atoms with van der Waals surface area (Å²) < 4.78 is 0. The van der Waals surface area contributed by atoms with Crippen molar-refractivity contribution in [3.8, 4) is 0 Å². The molecule has 0 saturated heterocycles. The Morgan fingerprint density at radius 1 is 1.00 bits per heavy atom. The zero-order valence-corrected chi connectivity index (χ0v) is 11.8. The van der Waals surface area contributed by atoms with Crippen molar-refractivity contribution in [2.45, 2.75) is 72.1 Å². The molecule has 0 aliphatic carbocycles. The van der Waals surface area contributed by atoms with E-state index < -0.39 is 0 Å². The maximum absolute atomic E-state index is 11.5. The van der Waals surface area contributed by atoms with Gasteiger partial charge in [-0.2, -0.15) is 0 Å². The highest BCUT2D eigenvalue weighted by Crippen LogP contribution is 2.08. The van der Waals surface area contributed by atoms with Crippen molar-refractivity contribution in [3.63, 3.8) is 0 Å². The second-order valence-electron chi connectivity index (χ2n) is 4.70. The lowest BCUT2D eigenvalue weighted by Gasteiger charge is -2.03. The van der Waals surface area contributed by atoms with Crippen LogP contribution in [-0.4, -0.2) is 12.5 Å². The number of carbonyl (C=O) groups is 1. The van der Waals surface area contributed by atoms with E-state index in [9.17, 15) is 4.79 Å². The Labute approximate surface area is 107 Å². The Balaban J connectivity index is 3.52. The molecule has 2 heteroatoms. The van der Waals surface area contributed by atoms with E-state index in [2.05, 4.69) is 25.2 Å². The highest BCUT2D eigenvalue weighted by molar-refractivity contribution is 5.92. The molecule has 2 nitrogen and oxygen atoms in total. The van der Waals surface area contributed by atoms with Crippen LogP contribution in [0, 0.1) is 0 Å². The highest BCUT2D eigenvalue weighted by atomic mass is 16.1. The number of unbranched alkanes of at least 4 members (excludes halogenated alkanes) is 6. The second kappa shape index (κ2) is 11.7. The van der Waals surface area contributed by atoms with Gasteiger partial charge in [0.25, 0.3) is 0 Å². The molecule has 17 heavy (non-hydrogen) atoms. The fraction of sp³-hybridized carbons (Fsp3) is 0.800. The molecule has 100 valence electrons. The van der Waals surface area contributed by atoms with E-state index in [0.29, 0.717) is 0 Å². The minimum absolute atomic E-state index is 0.0952. The van der Waals surface area contributed by atoms with Gasteiger partial charge in [-0.1, -0.05) is 52.0 Å². The molecule has 0 aromatic rings. The summed E-state index contributed by atoms with van der Waals surface area (Å²) in [5.41, 5.74) is 0.868. The van der Waals surface area contributed by atoms with Gasteiger partial charge in [-0.25, -0.2) is 0 Å². The molecule has 0 atom stereocenters. The predicted molar refractivity (Wildman–Crippen MR) is 75.1 cm³/mol. The Bertz CT molecular complexity index is 221. The first-order chi connectivity index (χ1) is 8.22. The molecule has 0 radical (unpaired) electrons. The van der Waals surface area contributed by atoms with Gasteiger partial charge in [0.05, 0.1) is 0 Å². The van der Waals surface area contributed by atoms with E-state index in [1.807, 2.05) is 6.92 Å². The molecule has 0 heterocycles. The molecular weight excluding hydrogens is 210 g/mol. The maximum Gasteiger partial charge on any atom is 0.246 e. The molecule has 1 N–H and O–H groups in total. The quantitative estimate of drug-likeness (QED) is 0.449. The van der Waals surface area contributed by atoms with Crippen molar-refractivity contribution in [2.24, 2.45) is 0 Å². The summed E-state index contributed by atoms with van der Waals surface area (Å²) in [6.07, 6.45) is 12.0. The first-order valence-corrected chi connectivity index (χ1v) is 7.17. The third-order valence-electron chi connectivity index (χ3n) is 2.90. The average Bonchev–Trinajstić information content (AvgIpc) is 2.34. The van der Waals surface area contributed by atoms with Crippen molar-refractivity contribution in [1.29, 1.82) is 0 Å². The van der Waals surface area contributed by atoms with Gasteiger partial charge >= 0.3 is 0 Å². The van der Waals surface area contributed by atoms with Crippen molar-refractivity contribution in [2.75, 3.05) is 6.54 Å². The lowest BCUT2D eigenvalue weighted by molar-refractivity contribution is -0.117. The van der Waals surface area contributed by atoms with Crippen molar-refractivity contribution in [3.05, 3.63) is 11.6 Å². The van der Waals surface area contributed by atoms with Gasteiger partial charge in [-0.3, -0.25) is 4.79 Å². The van der Waals surface area contributed by atoms with Gasteiger partial charge in [0.1, 0.15) is 0 Å². The van der Waals surface area contributed by atoms with Crippen LogP contribution < -0.4 is 5.32 Å². The monoisotopic (exact) mass is 239 g/mol. The Kier molecular flexibility index (Phi) is 11.1. The normalized spacial score (nSPS) is 11.6. The van der Waals surface area contributed by atoms with Crippen LogP contribution >= 0.6 is 0 Å². The third-order valence-corrected chi connectivity index (χ3v) is 2.90. The van der Waals surface area contributed by atoms with Gasteiger partial charge in [0, 0.05) is 12.1 Å². The van der Waals surface area contributed by atoms with E-state index >= 15 is 0 Å². The van der Waals surface area contributed by atoms with Gasteiger partial charge in [-0.05, 0) is 26.2 Å². The molecule has 0 unspecified atom stereocenters. The Hall–Kier alpha value is -0.790. The number of allylic oxidation sites excluding steroid dienone is 1. The van der Waals surface area contributed by atoms with Gasteiger partial charge in [0.15, 0.2) is 0 Å². The summed E-state index contributed by atoms with van der Waals surface area (Å²) in [7, 11) is 0. The molecule has 0 spiro atoms. The summed E-state index contributed by atoms with van der Waals surface area (Å²) in [4.78, 5) is 11.5. The fourth-order valence-electron chi connectivity index (χ4n) is 1.71. The van der Waals surface area contributed by atoms with Crippen LogP contribution in [0.5, 0.6) is 0 Å². The lowest BCUT2D eigenvalue weighted by Crippen LogP contribution is -2.24. The highest BCUT2D eigenvalue weighted by Gasteiger charge is 2.01. The second-order valence-corrected chi connectivity index (χ2v) is 4.70. The number of hydrogen-bond donors (Lipinski definition) is 1. The molecule has 1 amide bonds. The fourth-order valence-corrected chi connectivity index (χ4v) is 1.71. The smallest absolute Gasteiger partial charge is 0.246 e. The molecule has 0 aromatic heterocycles. The van der Waals surface area contributed by atoms with Crippen LogP contribution in [0.15, 0.2) is 11.6 Å². The third kappa shape index (κ3) is 10.1. The van der Waals surface area contributed by atoms with E-state index in [1.165, 1.54) is 38.5 Å². The summed E-state index contributed by atoms with van der Waals surface area (Å²) in [5, 5.41) is 2.89. The van der Waals surface area contributed by atoms with E-state index in [-0.39, 0.29) is 5.91 Å². The average molecular weight is 239 g/mol. The Morgan fingerprint density at radius 3 is 2.29 bits per heavy atom. The van der Waals surface area contributed by atoms with Crippen LogP contribution in [0.4, 0.5) is 0 Å². The number of rotatable bonds is 10. The number of amides is 1. The number of carbonyl (C=O) groups excluding carboxylic acids is 1. The minimum atomic E-state index is 0.0952. The molecule has 0 saturated carbocycles. The van der Waals surface area contributed by atoms with Crippen LogP contribution in [-0.2, 0) is 4.79 Å². The van der Waals surface area contributed by atoms with E-state index in [1.54, 1.807) is 0 Å². The molecule has 0 fully saturated rings. The summed E-state index contributed by atoms with van der Waals surface area (Å²) >= 11 is 0. The molecule has 0 rings (SSSR count). The van der Waals surface area contributed by atoms with Crippen LogP contribution in [0.3, 0.4) is 0 Å². The van der Waals surface area contributed by atoms with Gasteiger partial charge in [0.2, 0.25) is 5.91 Å². The number of nitrogens with one attached hydrogen (secondary N) is 1. The SMILES string of the molecule is CCCCCCCC/C=C(\C)C(=O)NCCC. The topological polar surface area (TPSA) is 29.1 Å². The first-order valence-electron chi connectivity index (χ1n) is 7.17. The van der Waals surface area contributed by atoms with E-state index in [0.717, 1.165) is 25.0 Å². The van der Waals surface area contributed by atoms with Crippen LogP contribution in [0.25, 0.3) is 0 Å².